The second-order valence-corrected chi connectivity index (χ2v) is 5.12. The van der Waals surface area contributed by atoms with Crippen LogP contribution in [0.3, 0.4) is 0 Å². The molecule has 4 nitrogen and oxygen atoms in total. The molecular weight excluding hydrogens is 242 g/mol. The summed E-state index contributed by atoms with van der Waals surface area (Å²) in [7, 11) is 1.57. The molecule has 0 aliphatic carbocycles. The molecule has 4 heteroatoms. The van der Waals surface area contributed by atoms with Crippen molar-refractivity contribution in [1.82, 2.24) is 5.32 Å². The molecule has 0 spiro atoms. The van der Waals surface area contributed by atoms with Gasteiger partial charge in [0.15, 0.2) is 11.5 Å². The van der Waals surface area contributed by atoms with E-state index in [4.69, 9.17) is 9.47 Å². The Kier molecular flexibility index (Phi) is 5.05. The zero-order valence-corrected chi connectivity index (χ0v) is 11.7. The highest BCUT2D eigenvalue weighted by atomic mass is 16.5. The molecule has 2 N–H and O–H groups in total. The summed E-state index contributed by atoms with van der Waals surface area (Å²) in [6, 6.07) is 5.74. The van der Waals surface area contributed by atoms with Crippen molar-refractivity contribution in [3.05, 3.63) is 23.8 Å². The monoisotopic (exact) mass is 265 g/mol. The van der Waals surface area contributed by atoms with Crippen LogP contribution >= 0.6 is 0 Å². The van der Waals surface area contributed by atoms with Gasteiger partial charge in [0, 0.05) is 19.3 Å². The van der Waals surface area contributed by atoms with Gasteiger partial charge in [0.2, 0.25) is 0 Å². The third-order valence-corrected chi connectivity index (χ3v) is 3.76. The summed E-state index contributed by atoms with van der Waals surface area (Å²) in [5, 5.41) is 13.1. The van der Waals surface area contributed by atoms with Crippen molar-refractivity contribution >= 4 is 0 Å². The zero-order chi connectivity index (χ0) is 13.7. The van der Waals surface area contributed by atoms with Gasteiger partial charge in [-0.3, -0.25) is 0 Å². The van der Waals surface area contributed by atoms with Crippen LogP contribution in [0.2, 0.25) is 0 Å². The van der Waals surface area contributed by atoms with Crippen molar-refractivity contribution in [2.75, 3.05) is 26.9 Å². The summed E-state index contributed by atoms with van der Waals surface area (Å²) in [6.45, 7) is 4.90. The van der Waals surface area contributed by atoms with Crippen LogP contribution in [0, 0.1) is 5.92 Å². The minimum absolute atomic E-state index is 0.183. The highest BCUT2D eigenvalue weighted by Crippen LogP contribution is 2.29. The molecular formula is C15H23NO3. The second kappa shape index (κ2) is 6.78. The van der Waals surface area contributed by atoms with E-state index in [2.05, 4.69) is 12.2 Å². The SMILES string of the molecule is COc1cc(C(C)NCC2CCOCC2)ccc1O. The summed E-state index contributed by atoms with van der Waals surface area (Å²) in [4.78, 5) is 0. The lowest BCUT2D eigenvalue weighted by atomic mass is 9.99. The number of ether oxygens (including phenoxy) is 2. The average Bonchev–Trinajstić information content (AvgIpc) is 2.46. The molecule has 1 aliphatic rings. The molecule has 1 aliphatic heterocycles. The number of hydrogen-bond donors (Lipinski definition) is 2. The highest BCUT2D eigenvalue weighted by molar-refractivity contribution is 5.42. The second-order valence-electron chi connectivity index (χ2n) is 5.12. The number of methoxy groups -OCH3 is 1. The number of hydrogen-bond acceptors (Lipinski definition) is 4. The van der Waals surface area contributed by atoms with Crippen LogP contribution in [0.1, 0.15) is 31.4 Å². The van der Waals surface area contributed by atoms with Gasteiger partial charge >= 0.3 is 0 Å². The largest absolute Gasteiger partial charge is 0.504 e. The van der Waals surface area contributed by atoms with Crippen LogP contribution in [0.25, 0.3) is 0 Å². The lowest BCUT2D eigenvalue weighted by Gasteiger charge is -2.24. The molecule has 1 atom stereocenters. The van der Waals surface area contributed by atoms with Gasteiger partial charge in [-0.05, 0) is 49.9 Å². The molecule has 1 saturated heterocycles. The number of rotatable bonds is 5. The number of phenols is 1. The highest BCUT2D eigenvalue weighted by Gasteiger charge is 2.15. The molecule has 1 aromatic carbocycles. The van der Waals surface area contributed by atoms with Gasteiger partial charge in [-0.25, -0.2) is 0 Å². The van der Waals surface area contributed by atoms with E-state index < -0.39 is 0 Å². The average molecular weight is 265 g/mol. The number of benzene rings is 1. The van der Waals surface area contributed by atoms with E-state index in [1.54, 1.807) is 13.2 Å². The van der Waals surface area contributed by atoms with Crippen LogP contribution in [0.15, 0.2) is 18.2 Å². The predicted octanol–water partition coefficient (Wildman–Crippen LogP) is 2.48. The van der Waals surface area contributed by atoms with E-state index in [0.29, 0.717) is 11.7 Å². The van der Waals surface area contributed by atoms with Crippen molar-refractivity contribution in [3.63, 3.8) is 0 Å². The molecule has 1 aromatic rings. The first-order valence-corrected chi connectivity index (χ1v) is 6.88. The Hall–Kier alpha value is -1.26. The Morgan fingerprint density at radius 2 is 2.16 bits per heavy atom. The Labute approximate surface area is 114 Å². The van der Waals surface area contributed by atoms with Gasteiger partial charge in [-0.2, -0.15) is 0 Å². The van der Waals surface area contributed by atoms with E-state index in [-0.39, 0.29) is 11.8 Å². The van der Waals surface area contributed by atoms with E-state index in [1.165, 1.54) is 0 Å². The number of phenolic OH excluding ortho intramolecular Hbond substituents is 1. The molecule has 19 heavy (non-hydrogen) atoms. The predicted molar refractivity (Wildman–Crippen MR) is 74.6 cm³/mol. The van der Waals surface area contributed by atoms with Crippen molar-refractivity contribution < 1.29 is 14.6 Å². The topological polar surface area (TPSA) is 50.7 Å². The summed E-state index contributed by atoms with van der Waals surface area (Å²) < 4.78 is 10.5. The third kappa shape index (κ3) is 3.85. The fourth-order valence-corrected chi connectivity index (χ4v) is 2.38. The standard InChI is InChI=1S/C15H23NO3/c1-11(16-10-12-5-7-19-8-6-12)13-3-4-14(17)15(9-13)18-2/h3-4,9,11-12,16-17H,5-8,10H2,1-2H3. The number of aromatic hydroxyl groups is 1. The Morgan fingerprint density at radius 1 is 1.42 bits per heavy atom. The Balaban J connectivity index is 1.89. The Bertz CT molecular complexity index is 402. The molecule has 0 bridgehead atoms. The van der Waals surface area contributed by atoms with Crippen molar-refractivity contribution in [3.8, 4) is 11.5 Å². The lowest BCUT2D eigenvalue weighted by molar-refractivity contribution is 0.0656. The van der Waals surface area contributed by atoms with Crippen molar-refractivity contribution in [2.45, 2.75) is 25.8 Å². The quantitative estimate of drug-likeness (QED) is 0.858. The smallest absolute Gasteiger partial charge is 0.160 e. The lowest BCUT2D eigenvalue weighted by Crippen LogP contribution is -2.29. The first kappa shape index (κ1) is 14.2. The van der Waals surface area contributed by atoms with Crippen LogP contribution in [-0.2, 0) is 4.74 Å². The molecule has 1 fully saturated rings. The van der Waals surface area contributed by atoms with E-state index in [9.17, 15) is 5.11 Å². The summed E-state index contributed by atoms with van der Waals surface area (Å²) in [5.74, 6) is 1.41. The first-order valence-electron chi connectivity index (χ1n) is 6.88. The summed E-state index contributed by atoms with van der Waals surface area (Å²) in [6.07, 6.45) is 2.28. The van der Waals surface area contributed by atoms with Gasteiger partial charge in [0.05, 0.1) is 7.11 Å². The molecule has 2 rings (SSSR count). The fourth-order valence-electron chi connectivity index (χ4n) is 2.38. The van der Waals surface area contributed by atoms with Crippen LogP contribution < -0.4 is 10.1 Å². The Morgan fingerprint density at radius 3 is 2.84 bits per heavy atom. The van der Waals surface area contributed by atoms with Crippen LogP contribution in [0.5, 0.6) is 11.5 Å². The summed E-state index contributed by atoms with van der Waals surface area (Å²) in [5.41, 5.74) is 1.13. The van der Waals surface area contributed by atoms with Crippen LogP contribution in [-0.4, -0.2) is 32.0 Å². The fraction of sp³-hybridized carbons (Fsp3) is 0.600. The van der Waals surface area contributed by atoms with Gasteiger partial charge in [0.1, 0.15) is 0 Å². The maximum absolute atomic E-state index is 9.59. The molecule has 0 aromatic heterocycles. The maximum atomic E-state index is 9.59. The molecule has 0 saturated carbocycles. The van der Waals surface area contributed by atoms with Crippen LogP contribution in [0.4, 0.5) is 0 Å². The maximum Gasteiger partial charge on any atom is 0.160 e. The minimum atomic E-state index is 0.183. The van der Waals surface area contributed by atoms with Crippen molar-refractivity contribution in [2.24, 2.45) is 5.92 Å². The van der Waals surface area contributed by atoms with Gasteiger partial charge in [-0.15, -0.1) is 0 Å². The van der Waals surface area contributed by atoms with E-state index >= 15 is 0 Å². The van der Waals surface area contributed by atoms with E-state index in [0.717, 1.165) is 38.2 Å². The zero-order valence-electron chi connectivity index (χ0n) is 11.7. The minimum Gasteiger partial charge on any atom is -0.504 e. The molecule has 1 unspecified atom stereocenters. The van der Waals surface area contributed by atoms with E-state index in [1.807, 2.05) is 12.1 Å². The van der Waals surface area contributed by atoms with Gasteiger partial charge in [-0.1, -0.05) is 6.07 Å². The molecule has 1 heterocycles. The molecule has 0 radical (unpaired) electrons. The van der Waals surface area contributed by atoms with Crippen molar-refractivity contribution in [1.29, 1.82) is 0 Å². The van der Waals surface area contributed by atoms with Gasteiger partial charge < -0.3 is 19.9 Å². The first-order chi connectivity index (χ1) is 9.20. The normalized spacial score (nSPS) is 18.2. The molecule has 106 valence electrons. The molecule has 0 amide bonds. The summed E-state index contributed by atoms with van der Waals surface area (Å²) >= 11 is 0. The number of nitrogens with one attached hydrogen (secondary N) is 1. The van der Waals surface area contributed by atoms with Gasteiger partial charge in [0.25, 0.3) is 0 Å². The third-order valence-electron chi connectivity index (χ3n) is 3.76.